The van der Waals surface area contributed by atoms with Crippen molar-refractivity contribution >= 4 is 23.6 Å². The zero-order valence-electron chi connectivity index (χ0n) is 16.2. The van der Waals surface area contributed by atoms with Crippen LogP contribution in [0.25, 0.3) is 6.08 Å². The summed E-state index contributed by atoms with van der Waals surface area (Å²) in [7, 11) is 0. The Bertz CT molecular complexity index is 919. The van der Waals surface area contributed by atoms with Crippen LogP contribution in [0.2, 0.25) is 0 Å². The maximum absolute atomic E-state index is 12.3. The maximum Gasteiger partial charge on any atom is 0.331 e. The molecule has 6 nitrogen and oxygen atoms in total. The number of hydrogen-bond acceptors (Lipinski definition) is 5. The molecule has 0 fully saturated rings. The van der Waals surface area contributed by atoms with Gasteiger partial charge in [0.15, 0.2) is 17.6 Å². The molecule has 1 amide bonds. The zero-order valence-corrected chi connectivity index (χ0v) is 16.2. The standard InChI is InChI=1S/C22H23NO5/c1-14-5-4-6-18(15(14)2)23-22(25)16(3)28-21(24)10-8-17-7-9-19-20(13-17)27-12-11-26-19/h4-10,13,16H,11-12H2,1-3H3,(H,23,25)/b10-8+/t16-/m0/s1. The first-order chi connectivity index (χ1) is 13.4. The summed E-state index contributed by atoms with van der Waals surface area (Å²) in [6.07, 6.45) is 1.97. The van der Waals surface area contributed by atoms with Crippen LogP contribution in [0.4, 0.5) is 5.69 Å². The summed E-state index contributed by atoms with van der Waals surface area (Å²) in [5.74, 6) is 0.346. The van der Waals surface area contributed by atoms with Crippen molar-refractivity contribution < 1.29 is 23.8 Å². The molecule has 1 aliphatic rings. The lowest BCUT2D eigenvalue weighted by molar-refractivity contribution is -0.148. The third kappa shape index (κ3) is 4.71. The van der Waals surface area contributed by atoms with Gasteiger partial charge in [0.05, 0.1) is 0 Å². The van der Waals surface area contributed by atoms with Crippen LogP contribution in [-0.4, -0.2) is 31.2 Å². The SMILES string of the molecule is Cc1cccc(NC(=O)[C@H](C)OC(=O)/C=C/c2ccc3c(c2)OCCO3)c1C. The molecule has 2 aromatic rings. The maximum atomic E-state index is 12.3. The average molecular weight is 381 g/mol. The van der Waals surface area contributed by atoms with Crippen molar-refractivity contribution in [3.63, 3.8) is 0 Å². The molecule has 0 spiro atoms. The monoisotopic (exact) mass is 381 g/mol. The number of nitrogens with one attached hydrogen (secondary N) is 1. The van der Waals surface area contributed by atoms with E-state index in [2.05, 4.69) is 5.32 Å². The molecule has 0 aromatic heterocycles. The summed E-state index contributed by atoms with van der Waals surface area (Å²) < 4.78 is 16.2. The summed E-state index contributed by atoms with van der Waals surface area (Å²) in [5.41, 5.74) is 3.53. The van der Waals surface area contributed by atoms with Gasteiger partial charge in [-0.1, -0.05) is 18.2 Å². The largest absolute Gasteiger partial charge is 0.486 e. The molecule has 0 saturated heterocycles. The smallest absolute Gasteiger partial charge is 0.331 e. The van der Waals surface area contributed by atoms with Crippen molar-refractivity contribution in [2.45, 2.75) is 26.9 Å². The lowest BCUT2D eigenvalue weighted by Crippen LogP contribution is -2.29. The van der Waals surface area contributed by atoms with E-state index in [0.717, 1.165) is 16.7 Å². The minimum absolute atomic E-state index is 0.380. The van der Waals surface area contributed by atoms with Crippen molar-refractivity contribution in [1.29, 1.82) is 0 Å². The second-order valence-corrected chi connectivity index (χ2v) is 6.55. The molecule has 0 aliphatic carbocycles. The fourth-order valence-corrected chi connectivity index (χ4v) is 2.72. The van der Waals surface area contributed by atoms with Crippen LogP contribution in [0, 0.1) is 13.8 Å². The quantitative estimate of drug-likeness (QED) is 0.632. The van der Waals surface area contributed by atoms with Crippen LogP contribution in [-0.2, 0) is 14.3 Å². The van der Waals surface area contributed by atoms with E-state index in [-0.39, 0.29) is 5.91 Å². The summed E-state index contributed by atoms with van der Waals surface area (Å²) in [6.45, 7) is 6.46. The molecule has 1 N–H and O–H groups in total. The lowest BCUT2D eigenvalue weighted by Gasteiger charge is -2.18. The van der Waals surface area contributed by atoms with E-state index in [9.17, 15) is 9.59 Å². The molecule has 1 aliphatic heterocycles. The molecule has 3 rings (SSSR count). The summed E-state index contributed by atoms with van der Waals surface area (Å²) in [5, 5.41) is 2.79. The highest BCUT2D eigenvalue weighted by atomic mass is 16.6. The van der Waals surface area contributed by atoms with Crippen molar-refractivity contribution in [1.82, 2.24) is 0 Å². The van der Waals surface area contributed by atoms with Crippen molar-refractivity contribution in [3.8, 4) is 11.5 Å². The first-order valence-corrected chi connectivity index (χ1v) is 9.09. The number of hydrogen-bond donors (Lipinski definition) is 1. The molecule has 0 radical (unpaired) electrons. The van der Waals surface area contributed by atoms with Crippen molar-refractivity contribution in [2.24, 2.45) is 0 Å². The van der Waals surface area contributed by atoms with Crippen molar-refractivity contribution in [2.75, 3.05) is 18.5 Å². The Hall–Kier alpha value is -3.28. The van der Waals surface area contributed by atoms with Gasteiger partial charge in [-0.05, 0) is 61.7 Å². The van der Waals surface area contributed by atoms with Crippen molar-refractivity contribution in [3.05, 3.63) is 59.2 Å². The molecule has 2 aromatic carbocycles. The van der Waals surface area contributed by atoms with Crippen LogP contribution in [0.3, 0.4) is 0 Å². The molecule has 6 heteroatoms. The highest BCUT2D eigenvalue weighted by Gasteiger charge is 2.18. The summed E-state index contributed by atoms with van der Waals surface area (Å²) >= 11 is 0. The number of amides is 1. The van der Waals surface area contributed by atoms with E-state index >= 15 is 0 Å². The second-order valence-electron chi connectivity index (χ2n) is 6.55. The highest BCUT2D eigenvalue weighted by molar-refractivity contribution is 5.97. The van der Waals surface area contributed by atoms with Crippen LogP contribution >= 0.6 is 0 Å². The van der Waals surface area contributed by atoms with Gasteiger partial charge in [0, 0.05) is 11.8 Å². The number of rotatable bonds is 5. The molecule has 1 heterocycles. The summed E-state index contributed by atoms with van der Waals surface area (Å²) in [4.78, 5) is 24.4. The van der Waals surface area contributed by atoms with Gasteiger partial charge in [0.1, 0.15) is 13.2 Å². The Labute approximate surface area is 164 Å². The van der Waals surface area contributed by atoms with E-state index in [1.54, 1.807) is 18.2 Å². The Morgan fingerprint density at radius 2 is 1.86 bits per heavy atom. The van der Waals surface area contributed by atoms with Gasteiger partial charge in [0.2, 0.25) is 0 Å². The van der Waals surface area contributed by atoms with Crippen LogP contribution in [0.1, 0.15) is 23.6 Å². The van der Waals surface area contributed by atoms with Gasteiger partial charge in [-0.15, -0.1) is 0 Å². The first-order valence-electron chi connectivity index (χ1n) is 9.09. The molecule has 0 unspecified atom stereocenters. The van der Waals surface area contributed by atoms with Gasteiger partial charge in [-0.2, -0.15) is 0 Å². The summed E-state index contributed by atoms with van der Waals surface area (Å²) in [6, 6.07) is 11.0. The van der Waals surface area contributed by atoms with E-state index in [1.807, 2.05) is 38.1 Å². The number of carbonyl (C=O) groups excluding carboxylic acids is 2. The predicted molar refractivity (Wildman–Crippen MR) is 107 cm³/mol. The second kappa shape index (κ2) is 8.61. The molecule has 0 saturated carbocycles. The van der Waals surface area contributed by atoms with E-state index in [1.165, 1.54) is 13.0 Å². The Kier molecular flexibility index (Phi) is 5.99. The Morgan fingerprint density at radius 1 is 1.11 bits per heavy atom. The van der Waals surface area contributed by atoms with Crippen LogP contribution in [0.5, 0.6) is 11.5 Å². The number of fused-ring (bicyclic) bond motifs is 1. The number of esters is 1. The zero-order chi connectivity index (χ0) is 20.1. The Balaban J connectivity index is 1.57. The van der Waals surface area contributed by atoms with Crippen LogP contribution in [0.15, 0.2) is 42.5 Å². The predicted octanol–water partition coefficient (Wildman–Crippen LogP) is 3.66. The van der Waals surface area contributed by atoms with Gasteiger partial charge in [-0.25, -0.2) is 4.79 Å². The molecular formula is C22H23NO5. The Morgan fingerprint density at radius 3 is 2.64 bits per heavy atom. The van der Waals surface area contributed by atoms with Gasteiger partial charge < -0.3 is 19.5 Å². The molecular weight excluding hydrogens is 358 g/mol. The minimum Gasteiger partial charge on any atom is -0.486 e. The van der Waals surface area contributed by atoms with E-state index in [0.29, 0.717) is 30.4 Å². The lowest BCUT2D eigenvalue weighted by atomic mass is 10.1. The molecule has 0 bridgehead atoms. The van der Waals surface area contributed by atoms with Gasteiger partial charge in [0.25, 0.3) is 5.91 Å². The minimum atomic E-state index is -0.919. The molecule has 1 atom stereocenters. The average Bonchev–Trinajstić information content (AvgIpc) is 2.69. The van der Waals surface area contributed by atoms with Crippen LogP contribution < -0.4 is 14.8 Å². The number of aryl methyl sites for hydroxylation is 1. The fraction of sp³-hybridized carbons (Fsp3) is 0.273. The normalized spacial score (nSPS) is 13.8. The first kappa shape index (κ1) is 19.5. The third-order valence-corrected chi connectivity index (χ3v) is 4.50. The number of anilines is 1. The van der Waals surface area contributed by atoms with E-state index in [4.69, 9.17) is 14.2 Å². The third-order valence-electron chi connectivity index (χ3n) is 4.50. The number of carbonyl (C=O) groups is 2. The van der Waals surface area contributed by atoms with Gasteiger partial charge in [-0.3, -0.25) is 4.79 Å². The number of benzene rings is 2. The molecule has 146 valence electrons. The van der Waals surface area contributed by atoms with E-state index < -0.39 is 12.1 Å². The highest BCUT2D eigenvalue weighted by Crippen LogP contribution is 2.31. The number of ether oxygens (including phenoxy) is 3. The van der Waals surface area contributed by atoms with Gasteiger partial charge >= 0.3 is 5.97 Å². The topological polar surface area (TPSA) is 73.9 Å². The molecule has 28 heavy (non-hydrogen) atoms. The fourth-order valence-electron chi connectivity index (χ4n) is 2.72.